The van der Waals surface area contributed by atoms with Gasteiger partial charge in [0, 0.05) is 31.7 Å². The van der Waals surface area contributed by atoms with Crippen LogP contribution in [0.3, 0.4) is 0 Å². The third-order valence-electron chi connectivity index (χ3n) is 4.03. The molecule has 1 heterocycles. The summed E-state index contributed by atoms with van der Waals surface area (Å²) in [5, 5.41) is 9.43. The zero-order valence-corrected chi connectivity index (χ0v) is 15.3. The van der Waals surface area contributed by atoms with E-state index in [2.05, 4.69) is 0 Å². The number of piperazine rings is 1. The third kappa shape index (κ3) is 4.41. The number of rotatable bonds is 1. The van der Waals surface area contributed by atoms with E-state index in [0.717, 1.165) is 6.07 Å². The Morgan fingerprint density at radius 3 is 2.44 bits per heavy atom. The predicted octanol–water partition coefficient (Wildman–Crippen LogP) is 2.92. The molecule has 1 fully saturated rings. The number of nitrogens with zero attached hydrogens (tertiary/aromatic N) is 2. The number of aromatic hydroxyl groups is 1. The molecule has 1 N–H and O–H groups in total. The van der Waals surface area contributed by atoms with Crippen molar-refractivity contribution < 1.29 is 23.8 Å². The van der Waals surface area contributed by atoms with Crippen molar-refractivity contribution in [2.45, 2.75) is 46.3 Å². The van der Waals surface area contributed by atoms with Crippen molar-refractivity contribution in [2.75, 3.05) is 19.6 Å². The van der Waals surface area contributed by atoms with Crippen LogP contribution in [0.25, 0.3) is 0 Å². The molecule has 1 atom stereocenters. The van der Waals surface area contributed by atoms with Gasteiger partial charge in [-0.3, -0.25) is 4.79 Å². The molecule has 6 nitrogen and oxygen atoms in total. The summed E-state index contributed by atoms with van der Waals surface area (Å²) < 4.78 is 19.5. The Labute approximate surface area is 147 Å². The van der Waals surface area contributed by atoms with Crippen LogP contribution in [-0.4, -0.2) is 58.2 Å². The van der Waals surface area contributed by atoms with Gasteiger partial charge in [0.25, 0.3) is 5.91 Å². The summed E-state index contributed by atoms with van der Waals surface area (Å²) in [6.07, 6.45) is -0.418. The van der Waals surface area contributed by atoms with Gasteiger partial charge in [-0.05, 0) is 46.2 Å². The quantitative estimate of drug-likeness (QED) is 0.844. The first kappa shape index (κ1) is 19.0. The van der Waals surface area contributed by atoms with Crippen molar-refractivity contribution in [3.05, 3.63) is 29.1 Å². The van der Waals surface area contributed by atoms with Gasteiger partial charge in [0.05, 0.1) is 5.56 Å². The molecule has 2 amide bonds. The maximum absolute atomic E-state index is 14.1. The van der Waals surface area contributed by atoms with Crippen molar-refractivity contribution in [3.8, 4) is 5.75 Å². The Morgan fingerprint density at radius 1 is 1.28 bits per heavy atom. The van der Waals surface area contributed by atoms with Gasteiger partial charge >= 0.3 is 6.09 Å². The Kier molecular flexibility index (Phi) is 5.25. The normalized spacial score (nSPS) is 18.2. The lowest BCUT2D eigenvalue weighted by Crippen LogP contribution is -2.56. The number of phenols is 1. The molecule has 0 saturated carbocycles. The van der Waals surface area contributed by atoms with Crippen LogP contribution in [0.4, 0.5) is 9.18 Å². The van der Waals surface area contributed by atoms with E-state index < -0.39 is 23.4 Å². The molecule has 0 bridgehead atoms. The first-order valence-electron chi connectivity index (χ1n) is 8.27. The highest BCUT2D eigenvalue weighted by Gasteiger charge is 2.33. The smallest absolute Gasteiger partial charge is 0.410 e. The Morgan fingerprint density at radius 2 is 1.92 bits per heavy atom. The summed E-state index contributed by atoms with van der Waals surface area (Å²) in [5.41, 5.74) is -0.251. The number of carbonyl (C=O) groups excluding carboxylic acids is 2. The second-order valence-electron chi connectivity index (χ2n) is 7.39. The zero-order chi connectivity index (χ0) is 18.9. The Balaban J connectivity index is 2.11. The van der Waals surface area contributed by atoms with Gasteiger partial charge in [-0.15, -0.1) is 0 Å². The molecule has 1 saturated heterocycles. The molecule has 138 valence electrons. The minimum Gasteiger partial charge on any atom is -0.508 e. The SMILES string of the molecule is Cc1cc(O)cc(F)c1C(=O)N1CCN(C(=O)OC(C)(C)C)C[C@@H]1C. The van der Waals surface area contributed by atoms with Crippen LogP contribution in [0.5, 0.6) is 5.75 Å². The fraction of sp³-hybridized carbons (Fsp3) is 0.556. The predicted molar refractivity (Wildman–Crippen MR) is 91.1 cm³/mol. The lowest BCUT2D eigenvalue weighted by molar-refractivity contribution is 0.00604. The fourth-order valence-electron chi connectivity index (χ4n) is 2.89. The van der Waals surface area contributed by atoms with Crippen molar-refractivity contribution in [3.63, 3.8) is 0 Å². The highest BCUT2D eigenvalue weighted by Crippen LogP contribution is 2.24. The maximum atomic E-state index is 14.1. The van der Waals surface area contributed by atoms with E-state index in [4.69, 9.17) is 4.74 Å². The molecule has 1 aliphatic heterocycles. The first-order valence-corrected chi connectivity index (χ1v) is 8.27. The van der Waals surface area contributed by atoms with E-state index in [1.807, 2.05) is 6.92 Å². The van der Waals surface area contributed by atoms with Gasteiger partial charge in [-0.2, -0.15) is 0 Å². The second kappa shape index (κ2) is 6.90. The molecule has 0 unspecified atom stereocenters. The van der Waals surface area contributed by atoms with Crippen molar-refractivity contribution in [1.82, 2.24) is 9.80 Å². The van der Waals surface area contributed by atoms with Gasteiger partial charge in [-0.1, -0.05) is 0 Å². The third-order valence-corrected chi connectivity index (χ3v) is 4.03. The molecule has 0 aromatic heterocycles. The Bertz CT molecular complexity index is 661. The van der Waals surface area contributed by atoms with E-state index in [1.165, 1.54) is 6.07 Å². The average molecular weight is 352 g/mol. The molecule has 2 rings (SSSR count). The monoisotopic (exact) mass is 352 g/mol. The summed E-state index contributed by atoms with van der Waals surface area (Å²) in [7, 11) is 0. The molecule has 0 radical (unpaired) electrons. The number of amides is 2. The Hall–Kier alpha value is -2.31. The number of benzene rings is 1. The number of carbonyl (C=O) groups is 2. The van der Waals surface area contributed by atoms with Crippen LogP contribution in [0, 0.1) is 12.7 Å². The summed E-state index contributed by atoms with van der Waals surface area (Å²) in [5.74, 6) is -1.40. The van der Waals surface area contributed by atoms with Crippen molar-refractivity contribution in [1.29, 1.82) is 0 Å². The summed E-state index contributed by atoms with van der Waals surface area (Å²) in [6, 6.07) is 2.01. The van der Waals surface area contributed by atoms with E-state index >= 15 is 0 Å². The minimum absolute atomic E-state index is 0.0460. The number of hydrogen-bond donors (Lipinski definition) is 1. The zero-order valence-electron chi connectivity index (χ0n) is 15.3. The molecule has 7 heteroatoms. The molecular weight excluding hydrogens is 327 g/mol. The van der Waals surface area contributed by atoms with Crippen LogP contribution in [0.15, 0.2) is 12.1 Å². The molecule has 1 aromatic carbocycles. The van der Waals surface area contributed by atoms with Crippen LogP contribution in [0.1, 0.15) is 43.6 Å². The van der Waals surface area contributed by atoms with Gasteiger partial charge in [0.1, 0.15) is 17.2 Å². The highest BCUT2D eigenvalue weighted by molar-refractivity contribution is 5.96. The van der Waals surface area contributed by atoms with Crippen molar-refractivity contribution in [2.24, 2.45) is 0 Å². The van der Waals surface area contributed by atoms with Crippen LogP contribution < -0.4 is 0 Å². The topological polar surface area (TPSA) is 70.1 Å². The summed E-state index contributed by atoms with van der Waals surface area (Å²) in [6.45, 7) is 9.71. The molecule has 1 aromatic rings. The molecule has 1 aliphatic rings. The lowest BCUT2D eigenvalue weighted by Gasteiger charge is -2.40. The maximum Gasteiger partial charge on any atom is 0.410 e. The molecule has 25 heavy (non-hydrogen) atoms. The standard InChI is InChI=1S/C18H25FN2O4/c1-11-8-13(22)9-14(19)15(11)16(23)21-7-6-20(10-12(21)2)17(24)25-18(3,4)5/h8-9,12,22H,6-7,10H2,1-5H3/t12-/m0/s1. The highest BCUT2D eigenvalue weighted by atomic mass is 19.1. The average Bonchev–Trinajstić information content (AvgIpc) is 2.43. The summed E-state index contributed by atoms with van der Waals surface area (Å²) >= 11 is 0. The van der Waals surface area contributed by atoms with Gasteiger partial charge in [-0.25, -0.2) is 9.18 Å². The lowest BCUT2D eigenvalue weighted by atomic mass is 10.0. The van der Waals surface area contributed by atoms with Crippen LogP contribution in [0.2, 0.25) is 0 Å². The van der Waals surface area contributed by atoms with Gasteiger partial charge in [0.2, 0.25) is 0 Å². The fourth-order valence-corrected chi connectivity index (χ4v) is 2.89. The minimum atomic E-state index is -0.746. The van der Waals surface area contributed by atoms with E-state index in [9.17, 15) is 19.1 Å². The van der Waals surface area contributed by atoms with Gasteiger partial charge < -0.3 is 19.6 Å². The van der Waals surface area contributed by atoms with E-state index in [1.54, 1.807) is 37.5 Å². The number of aryl methyl sites for hydroxylation is 1. The molecular formula is C18H25FN2O4. The summed E-state index contributed by atoms with van der Waals surface area (Å²) in [4.78, 5) is 28.0. The van der Waals surface area contributed by atoms with Crippen LogP contribution in [-0.2, 0) is 4.74 Å². The molecule has 0 aliphatic carbocycles. The number of halogens is 1. The number of ether oxygens (including phenoxy) is 1. The largest absolute Gasteiger partial charge is 0.508 e. The van der Waals surface area contributed by atoms with E-state index in [0.29, 0.717) is 25.2 Å². The second-order valence-corrected chi connectivity index (χ2v) is 7.39. The first-order chi connectivity index (χ1) is 11.5. The number of hydrogen-bond acceptors (Lipinski definition) is 4. The molecule has 0 spiro atoms. The number of phenolic OH excluding ortho intramolecular Hbond substituents is 1. The van der Waals surface area contributed by atoms with E-state index in [-0.39, 0.29) is 17.4 Å². The van der Waals surface area contributed by atoms with Crippen molar-refractivity contribution >= 4 is 12.0 Å². The van der Waals surface area contributed by atoms with Gasteiger partial charge in [0.15, 0.2) is 0 Å². The van der Waals surface area contributed by atoms with Crippen LogP contribution >= 0.6 is 0 Å².